The Balaban J connectivity index is 1.83. The fourth-order valence-electron chi connectivity index (χ4n) is 3.14. The van der Waals surface area contributed by atoms with Gasteiger partial charge in [-0.1, -0.05) is 67.6 Å². The molecule has 1 fully saturated rings. The maximum Gasteiger partial charge on any atom is 0.129 e. The fraction of sp³-hybridized carbons (Fsp3) is 0.591. The Hall–Kier alpha value is -1.32. The van der Waals surface area contributed by atoms with E-state index < -0.39 is 0 Å². The van der Waals surface area contributed by atoms with Crippen LogP contribution >= 0.6 is 11.6 Å². The molecule has 0 spiro atoms. The van der Waals surface area contributed by atoms with E-state index in [0.29, 0.717) is 6.61 Å². The first-order valence-corrected chi connectivity index (χ1v) is 10.5. The third kappa shape index (κ3) is 8.86. The average molecular weight is 377 g/mol. The van der Waals surface area contributed by atoms with Crippen molar-refractivity contribution in [3.05, 3.63) is 40.9 Å². The van der Waals surface area contributed by atoms with Gasteiger partial charge in [0.05, 0.1) is 5.71 Å². The van der Waals surface area contributed by atoms with Gasteiger partial charge in [-0.15, -0.1) is 0 Å². The van der Waals surface area contributed by atoms with Crippen molar-refractivity contribution in [3.8, 4) is 0 Å². The van der Waals surface area contributed by atoms with E-state index in [1.54, 1.807) is 0 Å². The lowest BCUT2D eigenvalue weighted by Gasteiger charge is -2.25. The van der Waals surface area contributed by atoms with Gasteiger partial charge in [0.2, 0.25) is 0 Å². The summed E-state index contributed by atoms with van der Waals surface area (Å²) in [6, 6.07) is 7.86. The van der Waals surface area contributed by atoms with Crippen molar-refractivity contribution in [2.24, 2.45) is 5.16 Å². The van der Waals surface area contributed by atoms with E-state index in [1.807, 2.05) is 24.3 Å². The second kappa shape index (κ2) is 12.9. The van der Waals surface area contributed by atoms with Crippen molar-refractivity contribution in [1.29, 1.82) is 0 Å². The van der Waals surface area contributed by atoms with Crippen LogP contribution in [0, 0.1) is 0 Å². The molecule has 1 saturated heterocycles. The predicted molar refractivity (Wildman–Crippen MR) is 113 cm³/mol. The topological polar surface area (TPSA) is 24.8 Å². The van der Waals surface area contributed by atoms with Crippen LogP contribution in [0.3, 0.4) is 0 Å². The number of hydrogen-bond acceptors (Lipinski definition) is 3. The monoisotopic (exact) mass is 376 g/mol. The number of unbranched alkanes of at least 4 members (excludes halogenated alkanes) is 3. The maximum atomic E-state index is 5.95. The first-order chi connectivity index (χ1) is 12.8. The molecule has 0 unspecified atom stereocenters. The smallest absolute Gasteiger partial charge is 0.129 e. The third-order valence-electron chi connectivity index (χ3n) is 4.75. The van der Waals surface area contributed by atoms with Gasteiger partial charge in [-0.2, -0.15) is 0 Å². The lowest BCUT2D eigenvalue weighted by atomic mass is 10.1. The summed E-state index contributed by atoms with van der Waals surface area (Å²) in [5, 5.41) is 5.18. The normalized spacial score (nSPS) is 16.3. The lowest BCUT2D eigenvalue weighted by Crippen LogP contribution is -2.32. The number of benzene rings is 1. The third-order valence-corrected chi connectivity index (χ3v) is 5.01. The summed E-state index contributed by atoms with van der Waals surface area (Å²) in [5.74, 6) is 0. The molecule has 1 aromatic carbocycles. The molecule has 3 nitrogen and oxygen atoms in total. The minimum absolute atomic E-state index is 0.674. The maximum absolute atomic E-state index is 5.95. The molecule has 4 heteroatoms. The van der Waals surface area contributed by atoms with E-state index in [0.717, 1.165) is 35.7 Å². The molecule has 0 N–H and O–H groups in total. The molecule has 1 aliphatic heterocycles. The first kappa shape index (κ1) is 21.0. The molecule has 1 heterocycles. The summed E-state index contributed by atoms with van der Waals surface area (Å²) in [7, 11) is 0. The van der Waals surface area contributed by atoms with Gasteiger partial charge in [-0.05, 0) is 62.5 Å². The zero-order chi connectivity index (χ0) is 18.5. The fourth-order valence-corrected chi connectivity index (χ4v) is 3.27. The van der Waals surface area contributed by atoms with E-state index in [2.05, 4.69) is 29.1 Å². The molecular weight excluding hydrogens is 344 g/mol. The van der Waals surface area contributed by atoms with Gasteiger partial charge in [-0.25, -0.2) is 0 Å². The second-order valence-corrected chi connectivity index (χ2v) is 7.45. The van der Waals surface area contributed by atoms with Crippen molar-refractivity contribution >= 4 is 23.4 Å². The van der Waals surface area contributed by atoms with Gasteiger partial charge in [-0.3, -0.25) is 4.90 Å². The Kier molecular flexibility index (Phi) is 10.4. The molecule has 0 bridgehead atoms. The van der Waals surface area contributed by atoms with E-state index in [1.165, 1.54) is 51.6 Å². The molecule has 144 valence electrons. The van der Waals surface area contributed by atoms with Crippen molar-refractivity contribution in [2.45, 2.75) is 58.3 Å². The highest BCUT2D eigenvalue weighted by Crippen LogP contribution is 2.12. The highest BCUT2D eigenvalue weighted by molar-refractivity contribution is 6.30. The molecule has 0 radical (unpaired) electrons. The summed E-state index contributed by atoms with van der Waals surface area (Å²) in [6.07, 6.45) is 14.1. The molecular formula is C22H33ClN2O. The van der Waals surface area contributed by atoms with Gasteiger partial charge >= 0.3 is 0 Å². The van der Waals surface area contributed by atoms with Gasteiger partial charge in [0.25, 0.3) is 0 Å². The minimum atomic E-state index is 0.674. The highest BCUT2D eigenvalue weighted by Gasteiger charge is 2.09. The van der Waals surface area contributed by atoms with Crippen LogP contribution in [0.5, 0.6) is 0 Å². The lowest BCUT2D eigenvalue weighted by molar-refractivity contribution is 0.102. The Labute approximate surface area is 164 Å². The van der Waals surface area contributed by atoms with Crippen molar-refractivity contribution < 1.29 is 4.84 Å². The molecule has 0 amide bonds. The summed E-state index contributed by atoms with van der Waals surface area (Å²) in [4.78, 5) is 8.11. The number of oxime groups is 1. The van der Waals surface area contributed by atoms with Crippen LogP contribution in [-0.2, 0) is 4.84 Å². The standard InChI is InChI=1S/C22H33ClN2O/c1-2-3-4-6-9-22(15-12-20-10-13-21(23)14-11-20)24-26-19-18-25-16-7-5-8-17-25/h10-15H,2-9,16-19H2,1H3/b15-12+,24-22+. The van der Waals surface area contributed by atoms with Gasteiger partial charge in [0.1, 0.15) is 6.61 Å². The quantitative estimate of drug-likeness (QED) is 0.261. The molecule has 1 aromatic rings. The van der Waals surface area contributed by atoms with Crippen LogP contribution in [0.25, 0.3) is 6.08 Å². The van der Waals surface area contributed by atoms with E-state index in [4.69, 9.17) is 16.4 Å². The molecule has 0 saturated carbocycles. The summed E-state index contributed by atoms with van der Waals surface area (Å²) >= 11 is 5.95. The largest absolute Gasteiger partial charge is 0.394 e. The summed E-state index contributed by atoms with van der Waals surface area (Å²) < 4.78 is 0. The molecule has 0 aromatic heterocycles. The van der Waals surface area contributed by atoms with Crippen LogP contribution in [-0.4, -0.2) is 36.9 Å². The van der Waals surface area contributed by atoms with Gasteiger partial charge < -0.3 is 4.84 Å². The van der Waals surface area contributed by atoms with Crippen LogP contribution in [0.15, 0.2) is 35.5 Å². The molecule has 0 aliphatic carbocycles. The van der Waals surface area contributed by atoms with Crippen molar-refractivity contribution in [1.82, 2.24) is 4.90 Å². The van der Waals surface area contributed by atoms with Crippen LogP contribution in [0.2, 0.25) is 5.02 Å². The van der Waals surface area contributed by atoms with E-state index in [-0.39, 0.29) is 0 Å². The number of likely N-dealkylation sites (tertiary alicyclic amines) is 1. The van der Waals surface area contributed by atoms with Gasteiger partial charge in [0.15, 0.2) is 0 Å². The summed E-state index contributed by atoms with van der Waals surface area (Å²) in [5.41, 5.74) is 2.15. The number of piperidine rings is 1. The molecule has 1 aliphatic rings. The Bertz CT molecular complexity index is 548. The van der Waals surface area contributed by atoms with E-state index in [9.17, 15) is 0 Å². The number of allylic oxidation sites excluding steroid dienone is 1. The summed E-state index contributed by atoms with van der Waals surface area (Å²) in [6.45, 7) is 6.29. The van der Waals surface area contributed by atoms with E-state index >= 15 is 0 Å². The highest BCUT2D eigenvalue weighted by atomic mass is 35.5. The molecule has 26 heavy (non-hydrogen) atoms. The second-order valence-electron chi connectivity index (χ2n) is 7.01. The van der Waals surface area contributed by atoms with Crippen molar-refractivity contribution in [2.75, 3.05) is 26.2 Å². The van der Waals surface area contributed by atoms with Gasteiger partial charge in [0, 0.05) is 11.6 Å². The molecule has 0 atom stereocenters. The van der Waals surface area contributed by atoms with Crippen molar-refractivity contribution in [3.63, 3.8) is 0 Å². The number of nitrogens with zero attached hydrogens (tertiary/aromatic N) is 2. The Morgan fingerprint density at radius 1 is 1.12 bits per heavy atom. The molecule has 2 rings (SSSR count). The minimum Gasteiger partial charge on any atom is -0.394 e. The number of hydrogen-bond donors (Lipinski definition) is 0. The van der Waals surface area contributed by atoms with Crippen LogP contribution in [0.4, 0.5) is 0 Å². The first-order valence-electron chi connectivity index (χ1n) is 10.1. The predicted octanol–water partition coefficient (Wildman–Crippen LogP) is 6.18. The SMILES string of the molecule is CCCCCCC(/C=C/c1ccc(Cl)cc1)=N\OCCN1CCCCC1. The average Bonchev–Trinajstić information content (AvgIpc) is 2.68. The number of rotatable bonds is 11. The number of halogens is 1. The zero-order valence-corrected chi connectivity index (χ0v) is 16.9. The van der Waals surface area contributed by atoms with Crippen LogP contribution < -0.4 is 0 Å². The zero-order valence-electron chi connectivity index (χ0n) is 16.1. The Morgan fingerprint density at radius 2 is 1.88 bits per heavy atom. The Morgan fingerprint density at radius 3 is 2.62 bits per heavy atom. The van der Waals surface area contributed by atoms with Crippen LogP contribution in [0.1, 0.15) is 63.9 Å².